The minimum atomic E-state index is 0.519. The summed E-state index contributed by atoms with van der Waals surface area (Å²) in [7, 11) is 0. The van der Waals surface area contributed by atoms with E-state index in [1.807, 2.05) is 0 Å². The van der Waals surface area contributed by atoms with Gasteiger partial charge in [-0.2, -0.15) is 0 Å². The molecule has 18 heavy (non-hydrogen) atoms. The number of hydrogen-bond donors (Lipinski definition) is 2. The van der Waals surface area contributed by atoms with Crippen LogP contribution in [0.25, 0.3) is 0 Å². The van der Waals surface area contributed by atoms with Crippen LogP contribution >= 0.6 is 24.8 Å². The summed E-state index contributed by atoms with van der Waals surface area (Å²) in [6, 6.07) is 0.519. The molecule has 1 nitrogen and oxygen atoms in total. The van der Waals surface area contributed by atoms with E-state index < -0.39 is 0 Å². The van der Waals surface area contributed by atoms with Gasteiger partial charge in [0, 0.05) is 6.04 Å². The van der Waals surface area contributed by atoms with Crippen molar-refractivity contribution in [3.05, 3.63) is 0 Å². The van der Waals surface area contributed by atoms with Gasteiger partial charge in [0.1, 0.15) is 4.32 Å². The van der Waals surface area contributed by atoms with Crippen molar-refractivity contribution in [1.29, 1.82) is 0 Å². The van der Waals surface area contributed by atoms with Crippen LogP contribution in [0, 0.1) is 5.92 Å². The van der Waals surface area contributed by atoms with Gasteiger partial charge in [0.25, 0.3) is 0 Å². The smallest absolute Gasteiger partial charge is 0.130 e. The summed E-state index contributed by atoms with van der Waals surface area (Å²) in [5.41, 5.74) is 0. The summed E-state index contributed by atoms with van der Waals surface area (Å²) >= 11 is 9.21. The largest absolute Gasteiger partial charge is 0.368 e. The van der Waals surface area contributed by atoms with Crippen molar-refractivity contribution in [1.82, 2.24) is 5.32 Å². The van der Waals surface area contributed by atoms with Crippen molar-refractivity contribution >= 4 is 29.2 Å². The molecule has 0 aromatic carbocycles. The zero-order valence-electron chi connectivity index (χ0n) is 12.4. The molecule has 1 N–H and O–H groups in total. The zero-order chi connectivity index (χ0) is 13.8. The number of thiocarbonyl (C=S) groups is 1. The van der Waals surface area contributed by atoms with Crippen LogP contribution in [0.15, 0.2) is 0 Å². The second kappa shape index (κ2) is 12.3. The van der Waals surface area contributed by atoms with Gasteiger partial charge in [0.15, 0.2) is 0 Å². The van der Waals surface area contributed by atoms with Gasteiger partial charge < -0.3 is 5.32 Å². The van der Waals surface area contributed by atoms with Crippen molar-refractivity contribution in [2.75, 3.05) is 0 Å². The van der Waals surface area contributed by atoms with E-state index in [-0.39, 0.29) is 0 Å². The molecule has 0 aromatic rings. The summed E-state index contributed by atoms with van der Waals surface area (Å²) in [6.45, 7) is 6.80. The fraction of sp³-hybridized carbons (Fsp3) is 0.933. The summed E-state index contributed by atoms with van der Waals surface area (Å²) in [6.07, 6.45) is 12.0. The van der Waals surface area contributed by atoms with E-state index in [4.69, 9.17) is 12.2 Å². The number of unbranched alkanes of at least 4 members (excludes halogenated alkanes) is 6. The molecule has 0 aliphatic rings. The minimum absolute atomic E-state index is 0.519. The number of thiol groups is 1. The second-order valence-electron chi connectivity index (χ2n) is 5.69. The van der Waals surface area contributed by atoms with Crippen LogP contribution in [0.2, 0.25) is 0 Å². The third-order valence-electron chi connectivity index (χ3n) is 3.24. The highest BCUT2D eigenvalue weighted by Crippen LogP contribution is 2.14. The van der Waals surface area contributed by atoms with E-state index in [9.17, 15) is 0 Å². The second-order valence-corrected chi connectivity index (χ2v) is 6.84. The summed E-state index contributed by atoms with van der Waals surface area (Å²) in [5, 5.41) is 3.32. The quantitative estimate of drug-likeness (QED) is 0.302. The molecule has 1 atom stereocenters. The van der Waals surface area contributed by atoms with Gasteiger partial charge in [0.2, 0.25) is 0 Å². The standard InChI is InChI=1S/C15H31NS2/c1-4-5-6-7-8-9-10-11-14(12-13(2)3)16-15(17)18/h13-14H,4-12H2,1-3H3,(H2,16,17,18). The highest BCUT2D eigenvalue weighted by Gasteiger charge is 2.10. The maximum atomic E-state index is 5.03. The lowest BCUT2D eigenvalue weighted by atomic mass is 9.98. The molecular weight excluding hydrogens is 258 g/mol. The fourth-order valence-electron chi connectivity index (χ4n) is 2.34. The van der Waals surface area contributed by atoms with Crippen molar-refractivity contribution in [2.24, 2.45) is 5.92 Å². The Morgan fingerprint density at radius 3 is 2.11 bits per heavy atom. The molecule has 0 aliphatic carbocycles. The van der Waals surface area contributed by atoms with E-state index in [1.54, 1.807) is 0 Å². The van der Waals surface area contributed by atoms with E-state index >= 15 is 0 Å². The third kappa shape index (κ3) is 12.7. The van der Waals surface area contributed by atoms with Crippen molar-refractivity contribution in [3.8, 4) is 0 Å². The molecule has 0 rings (SSSR count). The van der Waals surface area contributed by atoms with Crippen LogP contribution in [0.4, 0.5) is 0 Å². The van der Waals surface area contributed by atoms with Gasteiger partial charge in [-0.3, -0.25) is 0 Å². The molecule has 0 heterocycles. The third-order valence-corrected chi connectivity index (χ3v) is 3.49. The maximum absolute atomic E-state index is 5.03. The minimum Gasteiger partial charge on any atom is -0.368 e. The Morgan fingerprint density at radius 1 is 1.06 bits per heavy atom. The average Bonchev–Trinajstić information content (AvgIpc) is 2.26. The highest BCUT2D eigenvalue weighted by molar-refractivity contribution is 8.11. The molecule has 0 amide bonds. The van der Waals surface area contributed by atoms with Gasteiger partial charge in [0.05, 0.1) is 0 Å². The zero-order valence-corrected chi connectivity index (χ0v) is 14.1. The topological polar surface area (TPSA) is 12.0 Å². The first-order valence-electron chi connectivity index (χ1n) is 7.55. The van der Waals surface area contributed by atoms with Crippen molar-refractivity contribution in [3.63, 3.8) is 0 Å². The lowest BCUT2D eigenvalue weighted by molar-refractivity contribution is 0.427. The predicted molar refractivity (Wildman–Crippen MR) is 90.6 cm³/mol. The lowest BCUT2D eigenvalue weighted by Gasteiger charge is -2.20. The normalized spacial score (nSPS) is 12.7. The Labute approximate surface area is 125 Å². The SMILES string of the molecule is CCCCCCCCCC(CC(C)C)NC(=S)S. The summed E-state index contributed by atoms with van der Waals surface area (Å²) in [4.78, 5) is 0. The Bertz CT molecular complexity index is 205. The number of nitrogens with one attached hydrogen (secondary N) is 1. The number of hydrogen-bond acceptors (Lipinski definition) is 1. The Kier molecular flexibility index (Phi) is 12.4. The fourth-order valence-corrected chi connectivity index (χ4v) is 2.69. The molecule has 0 aliphatic heterocycles. The molecule has 0 saturated heterocycles. The molecule has 1 unspecified atom stereocenters. The van der Waals surface area contributed by atoms with Gasteiger partial charge in [-0.25, -0.2) is 0 Å². The Hall–Kier alpha value is 0.240. The van der Waals surface area contributed by atoms with E-state index in [1.165, 1.54) is 57.8 Å². The lowest BCUT2D eigenvalue weighted by Crippen LogP contribution is -2.32. The monoisotopic (exact) mass is 289 g/mol. The molecule has 0 saturated carbocycles. The first-order valence-corrected chi connectivity index (χ1v) is 8.41. The van der Waals surface area contributed by atoms with Crippen LogP contribution in [0.3, 0.4) is 0 Å². The average molecular weight is 290 g/mol. The molecule has 0 bridgehead atoms. The van der Waals surface area contributed by atoms with Crippen molar-refractivity contribution < 1.29 is 0 Å². The van der Waals surface area contributed by atoms with E-state index in [2.05, 4.69) is 38.7 Å². The maximum Gasteiger partial charge on any atom is 0.130 e. The van der Waals surface area contributed by atoms with Gasteiger partial charge in [-0.15, -0.1) is 12.6 Å². The first kappa shape index (κ1) is 18.2. The first-order chi connectivity index (χ1) is 8.56. The molecule has 108 valence electrons. The Morgan fingerprint density at radius 2 is 1.61 bits per heavy atom. The van der Waals surface area contributed by atoms with Gasteiger partial charge in [-0.05, 0) is 18.8 Å². The van der Waals surface area contributed by atoms with Crippen LogP contribution in [0.1, 0.15) is 78.6 Å². The molecule has 0 spiro atoms. The molecule has 0 aromatic heterocycles. The van der Waals surface area contributed by atoms with Crippen LogP contribution in [0.5, 0.6) is 0 Å². The molecule has 0 radical (unpaired) electrons. The molecular formula is C15H31NS2. The molecule has 0 fully saturated rings. The van der Waals surface area contributed by atoms with Crippen LogP contribution < -0.4 is 5.32 Å². The van der Waals surface area contributed by atoms with E-state index in [0.717, 1.165) is 5.92 Å². The van der Waals surface area contributed by atoms with E-state index in [0.29, 0.717) is 10.4 Å². The highest BCUT2D eigenvalue weighted by atomic mass is 32.1. The van der Waals surface area contributed by atoms with Crippen LogP contribution in [-0.2, 0) is 0 Å². The van der Waals surface area contributed by atoms with Gasteiger partial charge >= 0.3 is 0 Å². The predicted octanol–water partition coefficient (Wildman–Crippen LogP) is 5.35. The van der Waals surface area contributed by atoms with Crippen molar-refractivity contribution in [2.45, 2.75) is 84.6 Å². The van der Waals surface area contributed by atoms with Crippen LogP contribution in [-0.4, -0.2) is 10.4 Å². The summed E-state index contributed by atoms with van der Waals surface area (Å²) < 4.78 is 0.642. The number of rotatable bonds is 11. The van der Waals surface area contributed by atoms with Gasteiger partial charge in [-0.1, -0.05) is 77.9 Å². The Balaban J connectivity index is 3.59. The molecule has 3 heteroatoms. The summed E-state index contributed by atoms with van der Waals surface area (Å²) in [5.74, 6) is 0.717.